The van der Waals surface area contributed by atoms with Crippen molar-refractivity contribution in [3.05, 3.63) is 54.1 Å². The van der Waals surface area contributed by atoms with E-state index >= 15 is 0 Å². The number of benzene rings is 1. The second-order valence-electron chi connectivity index (χ2n) is 8.15. The summed E-state index contributed by atoms with van der Waals surface area (Å²) in [5.41, 5.74) is 4.66. The summed E-state index contributed by atoms with van der Waals surface area (Å²) in [4.78, 5) is 18.5. The number of rotatable bonds is 6. The number of likely N-dealkylation sites (tertiary alicyclic amines) is 1. The van der Waals surface area contributed by atoms with Crippen LogP contribution in [0.3, 0.4) is 0 Å². The molecule has 0 radical (unpaired) electrons. The molecule has 3 heterocycles. The number of piperidine rings is 1. The van der Waals surface area contributed by atoms with E-state index in [1.165, 1.54) is 11.1 Å². The molecule has 1 amide bonds. The van der Waals surface area contributed by atoms with E-state index < -0.39 is 6.10 Å². The molecule has 154 valence electrons. The van der Waals surface area contributed by atoms with Gasteiger partial charge < -0.3 is 19.7 Å². The number of amides is 1. The smallest absolute Gasteiger partial charge is 0.222 e. The molecule has 6 nitrogen and oxygen atoms in total. The lowest BCUT2D eigenvalue weighted by atomic mass is 9.91. The van der Waals surface area contributed by atoms with Crippen molar-refractivity contribution in [1.82, 2.24) is 14.5 Å². The van der Waals surface area contributed by atoms with Crippen LogP contribution in [-0.2, 0) is 4.79 Å². The van der Waals surface area contributed by atoms with Crippen molar-refractivity contribution >= 4 is 17.1 Å². The molecule has 29 heavy (non-hydrogen) atoms. The summed E-state index contributed by atoms with van der Waals surface area (Å²) in [5.74, 6) is 0.0701. The average Bonchev–Trinajstić information content (AvgIpc) is 3.31. The second kappa shape index (κ2) is 8.51. The highest BCUT2D eigenvalue weighted by molar-refractivity contribution is 5.93. The third-order valence-corrected chi connectivity index (χ3v) is 6.21. The molecule has 4 rings (SSSR count). The first-order valence-electron chi connectivity index (χ1n) is 10.5. The van der Waals surface area contributed by atoms with Crippen molar-refractivity contribution in [3.63, 3.8) is 0 Å². The van der Waals surface area contributed by atoms with Crippen LogP contribution in [0.25, 0.3) is 11.1 Å². The number of aliphatic hydroxyl groups is 2. The molecule has 2 aliphatic rings. The summed E-state index contributed by atoms with van der Waals surface area (Å²) in [6, 6.07) is 10.3. The Morgan fingerprint density at radius 1 is 1.24 bits per heavy atom. The van der Waals surface area contributed by atoms with Gasteiger partial charge in [-0.1, -0.05) is 30.3 Å². The number of imidazole rings is 1. The first-order valence-corrected chi connectivity index (χ1v) is 10.5. The quantitative estimate of drug-likeness (QED) is 0.788. The number of carbonyl (C=O) groups excluding carboxylic acids is 1. The lowest BCUT2D eigenvalue weighted by molar-refractivity contribution is -0.133. The number of allylic oxidation sites excluding steroid dienone is 2. The number of aliphatic hydroxyl groups excluding tert-OH is 2. The fourth-order valence-electron chi connectivity index (χ4n) is 4.57. The minimum Gasteiger partial charge on any atom is -0.393 e. The summed E-state index contributed by atoms with van der Waals surface area (Å²) < 4.78 is 2.13. The van der Waals surface area contributed by atoms with Crippen LogP contribution in [-0.4, -0.2) is 55.9 Å². The molecular weight excluding hydrogens is 366 g/mol. The van der Waals surface area contributed by atoms with Gasteiger partial charge in [0.25, 0.3) is 0 Å². The Labute approximate surface area is 171 Å². The fraction of sp³-hybridized carbons (Fsp3) is 0.478. The molecule has 2 atom stereocenters. The van der Waals surface area contributed by atoms with Crippen LogP contribution in [0.1, 0.15) is 56.3 Å². The molecule has 2 N–H and O–H groups in total. The van der Waals surface area contributed by atoms with Gasteiger partial charge in [0.2, 0.25) is 5.91 Å². The monoisotopic (exact) mass is 395 g/mol. The van der Waals surface area contributed by atoms with Gasteiger partial charge in [-0.3, -0.25) is 4.79 Å². The van der Waals surface area contributed by atoms with E-state index in [4.69, 9.17) is 0 Å². The van der Waals surface area contributed by atoms with Gasteiger partial charge in [0.1, 0.15) is 0 Å². The van der Waals surface area contributed by atoms with Crippen LogP contribution in [0, 0.1) is 0 Å². The van der Waals surface area contributed by atoms with Crippen molar-refractivity contribution in [2.75, 3.05) is 13.1 Å². The van der Waals surface area contributed by atoms with Gasteiger partial charge in [-0.15, -0.1) is 0 Å². The lowest BCUT2D eigenvalue weighted by Crippen LogP contribution is -2.40. The van der Waals surface area contributed by atoms with Crippen LogP contribution in [0.4, 0.5) is 0 Å². The number of nitrogens with zero attached hydrogens (tertiary/aromatic N) is 3. The van der Waals surface area contributed by atoms with Gasteiger partial charge in [-0.25, -0.2) is 4.98 Å². The van der Waals surface area contributed by atoms with Gasteiger partial charge >= 0.3 is 0 Å². The normalized spacial score (nSPS) is 20.8. The number of fused-ring (bicyclic) bond motifs is 1. The van der Waals surface area contributed by atoms with E-state index in [-0.39, 0.29) is 18.1 Å². The van der Waals surface area contributed by atoms with Gasteiger partial charge in [0.15, 0.2) is 0 Å². The molecular formula is C23H29N3O3. The minimum absolute atomic E-state index is 0.0186. The molecule has 0 bridgehead atoms. The predicted molar refractivity (Wildman–Crippen MR) is 112 cm³/mol. The Balaban J connectivity index is 1.42. The van der Waals surface area contributed by atoms with Gasteiger partial charge in [-0.2, -0.15) is 0 Å². The highest BCUT2D eigenvalue weighted by atomic mass is 16.3. The van der Waals surface area contributed by atoms with Crippen molar-refractivity contribution in [2.24, 2.45) is 0 Å². The van der Waals surface area contributed by atoms with Crippen molar-refractivity contribution < 1.29 is 15.0 Å². The molecule has 1 aromatic heterocycles. The lowest BCUT2D eigenvalue weighted by Gasteiger charge is -2.30. The number of hydrogen-bond donors (Lipinski definition) is 2. The van der Waals surface area contributed by atoms with E-state index in [1.54, 1.807) is 0 Å². The maximum absolute atomic E-state index is 12.5. The number of aromatic nitrogens is 2. The van der Waals surface area contributed by atoms with Gasteiger partial charge in [0, 0.05) is 19.5 Å². The van der Waals surface area contributed by atoms with Crippen molar-refractivity contribution in [2.45, 2.75) is 57.3 Å². The summed E-state index contributed by atoms with van der Waals surface area (Å²) in [5, 5.41) is 20.3. The molecule has 1 fully saturated rings. The third kappa shape index (κ3) is 4.14. The minimum atomic E-state index is -0.570. The topological polar surface area (TPSA) is 78.6 Å². The zero-order valence-electron chi connectivity index (χ0n) is 16.9. The summed E-state index contributed by atoms with van der Waals surface area (Å²) in [6.45, 7) is 3.32. The SMILES string of the molecule is CC1=C(c2ccccc2)C(CC(O)CCC(=O)N2CCC(O)CC2)n2cncc21. The van der Waals surface area contributed by atoms with E-state index in [0.717, 1.165) is 11.3 Å². The first-order chi connectivity index (χ1) is 14.0. The van der Waals surface area contributed by atoms with E-state index in [2.05, 4.69) is 28.6 Å². The van der Waals surface area contributed by atoms with Crippen molar-refractivity contribution in [1.29, 1.82) is 0 Å². The highest BCUT2D eigenvalue weighted by Gasteiger charge is 2.31. The fourth-order valence-corrected chi connectivity index (χ4v) is 4.57. The number of carbonyl (C=O) groups is 1. The first kappa shape index (κ1) is 19.9. The predicted octanol–water partition coefficient (Wildman–Crippen LogP) is 2.88. The van der Waals surface area contributed by atoms with Crippen LogP contribution in [0.15, 0.2) is 42.9 Å². The Hall–Kier alpha value is -2.44. The zero-order chi connectivity index (χ0) is 20.4. The molecule has 2 unspecified atom stereocenters. The van der Waals surface area contributed by atoms with Crippen LogP contribution in [0.5, 0.6) is 0 Å². The standard InChI is InChI=1S/C23H29N3O3/c1-16-21-14-24-15-26(21)20(23(16)17-5-3-2-4-6-17)13-19(28)7-8-22(29)25-11-9-18(27)10-12-25/h2-6,14-15,18-20,27-28H,7-13H2,1H3. The van der Waals surface area contributed by atoms with Crippen LogP contribution in [0.2, 0.25) is 0 Å². The van der Waals surface area contributed by atoms with Gasteiger partial charge in [-0.05, 0) is 49.3 Å². The maximum atomic E-state index is 12.5. The molecule has 1 aromatic carbocycles. The zero-order valence-corrected chi connectivity index (χ0v) is 16.9. The highest BCUT2D eigenvalue weighted by Crippen LogP contribution is 2.44. The molecule has 0 aliphatic carbocycles. The largest absolute Gasteiger partial charge is 0.393 e. The Morgan fingerprint density at radius 3 is 2.69 bits per heavy atom. The molecule has 6 heteroatoms. The molecule has 2 aromatic rings. The van der Waals surface area contributed by atoms with E-state index in [1.807, 2.05) is 35.6 Å². The summed E-state index contributed by atoms with van der Waals surface area (Å²) in [6.07, 6.45) is 5.46. The molecule has 0 spiro atoms. The Kier molecular flexibility index (Phi) is 5.83. The number of hydrogen-bond acceptors (Lipinski definition) is 4. The summed E-state index contributed by atoms with van der Waals surface area (Å²) >= 11 is 0. The van der Waals surface area contributed by atoms with E-state index in [9.17, 15) is 15.0 Å². The molecule has 0 saturated carbocycles. The Morgan fingerprint density at radius 2 is 1.97 bits per heavy atom. The van der Waals surface area contributed by atoms with Gasteiger partial charge in [0.05, 0.1) is 36.5 Å². The molecule has 1 saturated heterocycles. The third-order valence-electron chi connectivity index (χ3n) is 6.21. The Bertz CT molecular complexity index is 882. The van der Waals surface area contributed by atoms with E-state index in [0.29, 0.717) is 45.2 Å². The van der Waals surface area contributed by atoms with Crippen LogP contribution < -0.4 is 0 Å². The molecule has 2 aliphatic heterocycles. The van der Waals surface area contributed by atoms with Crippen molar-refractivity contribution in [3.8, 4) is 0 Å². The summed E-state index contributed by atoms with van der Waals surface area (Å²) in [7, 11) is 0. The maximum Gasteiger partial charge on any atom is 0.222 e. The average molecular weight is 396 g/mol. The van der Waals surface area contributed by atoms with Crippen LogP contribution >= 0.6 is 0 Å². The second-order valence-corrected chi connectivity index (χ2v) is 8.15.